The van der Waals surface area contributed by atoms with E-state index < -0.39 is 12.1 Å². The molecule has 0 aliphatic heterocycles. The first-order valence-electron chi connectivity index (χ1n) is 7.50. The molecule has 2 rings (SSSR count). The van der Waals surface area contributed by atoms with Gasteiger partial charge >= 0.3 is 5.97 Å². The Morgan fingerprint density at radius 2 is 1.71 bits per heavy atom. The predicted octanol–water partition coefficient (Wildman–Crippen LogP) is 3.92. The van der Waals surface area contributed by atoms with Crippen molar-refractivity contribution in [2.45, 2.75) is 20.0 Å². The van der Waals surface area contributed by atoms with Crippen molar-refractivity contribution in [2.24, 2.45) is 0 Å². The molecule has 126 valence electrons. The average molecular weight is 348 g/mol. The molecule has 5 nitrogen and oxygen atoms in total. The van der Waals surface area contributed by atoms with Crippen molar-refractivity contribution in [3.05, 3.63) is 59.1 Å². The fourth-order valence-corrected chi connectivity index (χ4v) is 2.06. The lowest BCUT2D eigenvalue weighted by molar-refractivity contribution is -0.150. The van der Waals surface area contributed by atoms with E-state index in [4.69, 9.17) is 21.1 Å². The topological polar surface area (TPSA) is 64.6 Å². The average Bonchev–Trinajstić information content (AvgIpc) is 2.57. The molecule has 0 aliphatic rings. The van der Waals surface area contributed by atoms with Gasteiger partial charge in [0.25, 0.3) is 5.91 Å². The van der Waals surface area contributed by atoms with Gasteiger partial charge in [-0.05, 0) is 62.4 Å². The molecular formula is C18H18ClNO4. The zero-order valence-corrected chi connectivity index (χ0v) is 14.2. The van der Waals surface area contributed by atoms with E-state index in [1.165, 1.54) is 0 Å². The predicted molar refractivity (Wildman–Crippen MR) is 92.6 cm³/mol. The zero-order valence-electron chi connectivity index (χ0n) is 13.4. The van der Waals surface area contributed by atoms with Crippen molar-refractivity contribution in [3.8, 4) is 5.75 Å². The van der Waals surface area contributed by atoms with Crippen LogP contribution in [-0.4, -0.2) is 24.6 Å². The molecule has 0 saturated carbocycles. The smallest absolute Gasteiger partial charge is 0.347 e. The highest BCUT2D eigenvalue weighted by Crippen LogP contribution is 2.17. The van der Waals surface area contributed by atoms with Crippen LogP contribution in [-0.2, 0) is 9.53 Å². The number of benzene rings is 2. The van der Waals surface area contributed by atoms with Crippen LogP contribution in [0.3, 0.4) is 0 Å². The summed E-state index contributed by atoms with van der Waals surface area (Å²) in [6.07, 6.45) is -0.710. The fraction of sp³-hybridized carbons (Fsp3) is 0.222. The molecule has 1 atom stereocenters. The van der Waals surface area contributed by atoms with Gasteiger partial charge < -0.3 is 14.8 Å². The largest absolute Gasteiger partial charge is 0.479 e. The summed E-state index contributed by atoms with van der Waals surface area (Å²) >= 11 is 5.81. The van der Waals surface area contributed by atoms with Gasteiger partial charge in [0, 0.05) is 16.3 Å². The van der Waals surface area contributed by atoms with Crippen molar-refractivity contribution < 1.29 is 19.1 Å². The van der Waals surface area contributed by atoms with Gasteiger partial charge in [-0.15, -0.1) is 0 Å². The van der Waals surface area contributed by atoms with E-state index in [2.05, 4.69) is 5.32 Å². The number of nitrogens with one attached hydrogen (secondary N) is 1. The van der Waals surface area contributed by atoms with Gasteiger partial charge in [-0.3, -0.25) is 4.79 Å². The first-order valence-corrected chi connectivity index (χ1v) is 7.87. The Bertz CT molecular complexity index is 698. The summed E-state index contributed by atoms with van der Waals surface area (Å²) in [5.41, 5.74) is 1.13. The molecular weight excluding hydrogens is 330 g/mol. The van der Waals surface area contributed by atoms with E-state index in [9.17, 15) is 9.59 Å². The lowest BCUT2D eigenvalue weighted by atomic mass is 10.2. The number of hydrogen-bond acceptors (Lipinski definition) is 4. The number of amides is 1. The monoisotopic (exact) mass is 347 g/mol. The number of hydrogen-bond donors (Lipinski definition) is 1. The quantitative estimate of drug-likeness (QED) is 0.804. The molecule has 0 bridgehead atoms. The van der Waals surface area contributed by atoms with Crippen LogP contribution in [0.25, 0.3) is 0 Å². The third-order valence-electron chi connectivity index (χ3n) is 3.15. The molecule has 1 amide bonds. The van der Waals surface area contributed by atoms with E-state index in [0.717, 1.165) is 0 Å². The van der Waals surface area contributed by atoms with Gasteiger partial charge in [0.1, 0.15) is 5.75 Å². The molecule has 0 heterocycles. The van der Waals surface area contributed by atoms with Crippen LogP contribution in [0.4, 0.5) is 5.69 Å². The summed E-state index contributed by atoms with van der Waals surface area (Å²) < 4.78 is 10.3. The number of ether oxygens (including phenoxy) is 2. The molecule has 0 aromatic heterocycles. The Balaban J connectivity index is 1.97. The van der Waals surface area contributed by atoms with Crippen LogP contribution in [0.15, 0.2) is 48.5 Å². The van der Waals surface area contributed by atoms with Gasteiger partial charge in [-0.25, -0.2) is 4.79 Å². The van der Waals surface area contributed by atoms with Crippen LogP contribution in [0, 0.1) is 0 Å². The van der Waals surface area contributed by atoms with Gasteiger partial charge in [-0.1, -0.05) is 11.6 Å². The molecule has 24 heavy (non-hydrogen) atoms. The Kier molecular flexibility index (Phi) is 6.21. The summed E-state index contributed by atoms with van der Waals surface area (Å²) in [5.74, 6) is -0.192. The van der Waals surface area contributed by atoms with Gasteiger partial charge in [0.2, 0.25) is 0 Å². The molecule has 6 heteroatoms. The van der Waals surface area contributed by atoms with E-state index in [1.807, 2.05) is 0 Å². The van der Waals surface area contributed by atoms with Gasteiger partial charge in [0.05, 0.1) is 6.61 Å². The first-order chi connectivity index (χ1) is 11.5. The summed E-state index contributed by atoms with van der Waals surface area (Å²) in [6.45, 7) is 3.65. The highest BCUT2D eigenvalue weighted by molar-refractivity contribution is 6.30. The van der Waals surface area contributed by atoms with Crippen LogP contribution >= 0.6 is 11.6 Å². The molecule has 2 aromatic carbocycles. The van der Waals surface area contributed by atoms with Crippen molar-refractivity contribution >= 4 is 29.2 Å². The normalized spacial score (nSPS) is 11.5. The second kappa shape index (κ2) is 8.36. The molecule has 0 fully saturated rings. The third kappa shape index (κ3) is 4.99. The third-order valence-corrected chi connectivity index (χ3v) is 3.40. The SMILES string of the molecule is CCOC(=O)[C@@H](C)Oc1ccc(C(=O)Nc2ccc(Cl)cc2)cc1. The summed E-state index contributed by atoms with van der Waals surface area (Å²) in [6, 6.07) is 13.4. The number of halogens is 1. The summed E-state index contributed by atoms with van der Waals surface area (Å²) in [4.78, 5) is 23.7. The maximum Gasteiger partial charge on any atom is 0.347 e. The minimum Gasteiger partial charge on any atom is -0.479 e. The zero-order chi connectivity index (χ0) is 17.5. The van der Waals surface area contributed by atoms with E-state index in [0.29, 0.717) is 28.6 Å². The minimum atomic E-state index is -0.710. The van der Waals surface area contributed by atoms with Crippen molar-refractivity contribution in [2.75, 3.05) is 11.9 Å². The molecule has 0 aliphatic carbocycles. The number of rotatable bonds is 6. The Morgan fingerprint density at radius 3 is 2.29 bits per heavy atom. The van der Waals surface area contributed by atoms with Gasteiger partial charge in [0.15, 0.2) is 6.10 Å². The first kappa shape index (κ1) is 17.8. The molecule has 2 aromatic rings. The van der Waals surface area contributed by atoms with Crippen LogP contribution < -0.4 is 10.1 Å². The van der Waals surface area contributed by atoms with Gasteiger partial charge in [-0.2, -0.15) is 0 Å². The Labute approximate surface area is 145 Å². The van der Waals surface area contributed by atoms with Crippen LogP contribution in [0.5, 0.6) is 5.75 Å². The summed E-state index contributed by atoms with van der Waals surface area (Å²) in [5, 5.41) is 3.37. The number of carbonyl (C=O) groups excluding carboxylic acids is 2. The van der Waals surface area contributed by atoms with E-state index in [1.54, 1.807) is 62.4 Å². The number of anilines is 1. The van der Waals surface area contributed by atoms with E-state index in [-0.39, 0.29) is 5.91 Å². The highest BCUT2D eigenvalue weighted by atomic mass is 35.5. The van der Waals surface area contributed by atoms with Crippen LogP contribution in [0.2, 0.25) is 5.02 Å². The second-order valence-electron chi connectivity index (χ2n) is 5.00. The Morgan fingerprint density at radius 1 is 1.08 bits per heavy atom. The van der Waals surface area contributed by atoms with Crippen molar-refractivity contribution in [3.63, 3.8) is 0 Å². The number of carbonyl (C=O) groups is 2. The highest BCUT2D eigenvalue weighted by Gasteiger charge is 2.15. The second-order valence-corrected chi connectivity index (χ2v) is 5.43. The molecule has 0 saturated heterocycles. The maximum atomic E-state index is 12.2. The summed E-state index contributed by atoms with van der Waals surface area (Å²) in [7, 11) is 0. The molecule has 0 unspecified atom stereocenters. The molecule has 0 radical (unpaired) electrons. The fourth-order valence-electron chi connectivity index (χ4n) is 1.93. The lowest BCUT2D eigenvalue weighted by Gasteiger charge is -2.13. The van der Waals surface area contributed by atoms with Crippen molar-refractivity contribution in [1.29, 1.82) is 0 Å². The van der Waals surface area contributed by atoms with Crippen LogP contribution in [0.1, 0.15) is 24.2 Å². The Hall–Kier alpha value is -2.53. The minimum absolute atomic E-state index is 0.248. The maximum absolute atomic E-state index is 12.2. The van der Waals surface area contributed by atoms with E-state index >= 15 is 0 Å². The number of esters is 1. The molecule has 1 N–H and O–H groups in total. The lowest BCUT2D eigenvalue weighted by Crippen LogP contribution is -2.26. The van der Waals surface area contributed by atoms with Crippen molar-refractivity contribution in [1.82, 2.24) is 0 Å². The standard InChI is InChI=1S/C18H18ClNO4/c1-3-23-18(22)12(2)24-16-10-4-13(5-11-16)17(21)20-15-8-6-14(19)7-9-15/h4-12H,3H2,1-2H3,(H,20,21)/t12-/m1/s1. The molecule has 0 spiro atoms.